The molecule has 2 aromatic carbocycles. The molecule has 1 aromatic heterocycles. The lowest BCUT2D eigenvalue weighted by Crippen LogP contribution is -2.39. The van der Waals surface area contributed by atoms with Gasteiger partial charge in [0.1, 0.15) is 5.75 Å². The summed E-state index contributed by atoms with van der Waals surface area (Å²) in [7, 11) is 1.29. The third kappa shape index (κ3) is 4.53. The molecule has 0 N–H and O–H groups in total. The molecule has 1 atom stereocenters. The molecule has 4 rings (SSSR count). The second kappa shape index (κ2) is 9.17. The third-order valence-electron chi connectivity index (χ3n) is 5.05. The van der Waals surface area contributed by atoms with E-state index in [2.05, 4.69) is 4.99 Å². The molecular formula is C24H19ClN2O5S. The number of aromatic nitrogens is 1. The van der Waals surface area contributed by atoms with Crippen LogP contribution >= 0.6 is 22.9 Å². The monoisotopic (exact) mass is 482 g/mol. The summed E-state index contributed by atoms with van der Waals surface area (Å²) in [6, 6.07) is 13.0. The molecule has 0 spiro atoms. The summed E-state index contributed by atoms with van der Waals surface area (Å²) in [5.41, 5.74) is 1.92. The molecule has 0 unspecified atom stereocenters. The predicted octanol–water partition coefficient (Wildman–Crippen LogP) is 2.99. The van der Waals surface area contributed by atoms with Gasteiger partial charge in [0.2, 0.25) is 0 Å². The number of hydrogen-bond donors (Lipinski definition) is 0. The molecule has 33 heavy (non-hydrogen) atoms. The van der Waals surface area contributed by atoms with Crippen LogP contribution in [0.15, 0.2) is 69.6 Å². The number of carbonyl (C=O) groups excluding carboxylic acids is 2. The SMILES string of the molecule is COC(=O)C1=C(C)N=c2s/c(=C/c3ccc(Cl)cc3)c(=O)n2[C@H]1c1ccc(OC(C)=O)cc1. The minimum atomic E-state index is -0.743. The van der Waals surface area contributed by atoms with Gasteiger partial charge in [-0.15, -0.1) is 0 Å². The molecule has 2 heterocycles. The van der Waals surface area contributed by atoms with Crippen molar-refractivity contribution >= 4 is 41.0 Å². The third-order valence-corrected chi connectivity index (χ3v) is 6.29. The highest BCUT2D eigenvalue weighted by molar-refractivity contribution is 7.07. The van der Waals surface area contributed by atoms with Gasteiger partial charge in [-0.05, 0) is 48.4 Å². The van der Waals surface area contributed by atoms with Gasteiger partial charge in [0.15, 0.2) is 4.80 Å². The molecule has 1 aliphatic heterocycles. The first kappa shape index (κ1) is 22.7. The van der Waals surface area contributed by atoms with E-state index in [0.717, 1.165) is 5.56 Å². The van der Waals surface area contributed by atoms with Gasteiger partial charge in [-0.25, -0.2) is 9.79 Å². The molecule has 0 amide bonds. The van der Waals surface area contributed by atoms with Crippen molar-refractivity contribution in [3.63, 3.8) is 0 Å². The Labute approximate surface area is 197 Å². The van der Waals surface area contributed by atoms with E-state index in [9.17, 15) is 14.4 Å². The van der Waals surface area contributed by atoms with Crippen molar-refractivity contribution < 1.29 is 19.1 Å². The first-order valence-corrected chi connectivity index (χ1v) is 11.1. The van der Waals surface area contributed by atoms with Crippen LogP contribution in [0.25, 0.3) is 6.08 Å². The van der Waals surface area contributed by atoms with Crippen LogP contribution in [0.1, 0.15) is 31.0 Å². The molecule has 9 heteroatoms. The fraction of sp³-hybridized carbons (Fsp3) is 0.167. The standard InChI is InChI=1S/C24H19ClN2O5S/c1-13-20(23(30)31-3)21(16-6-10-18(11-7-16)32-14(2)28)27-22(29)19(33-24(27)26-13)12-15-4-8-17(25)9-5-15/h4-12,21H,1-3H3/b19-12+/t21-/m0/s1. The maximum Gasteiger partial charge on any atom is 0.338 e. The minimum Gasteiger partial charge on any atom is -0.466 e. The highest BCUT2D eigenvalue weighted by Crippen LogP contribution is 2.31. The number of esters is 2. The summed E-state index contributed by atoms with van der Waals surface area (Å²) < 4.78 is 12.1. The van der Waals surface area contributed by atoms with E-state index in [-0.39, 0.29) is 11.1 Å². The minimum absolute atomic E-state index is 0.267. The molecule has 0 aliphatic carbocycles. The average Bonchev–Trinajstić information content (AvgIpc) is 3.08. The van der Waals surface area contributed by atoms with E-state index in [1.165, 1.54) is 29.9 Å². The van der Waals surface area contributed by atoms with Gasteiger partial charge in [0.25, 0.3) is 5.56 Å². The Balaban J connectivity index is 1.90. The number of halogens is 1. The summed E-state index contributed by atoms with van der Waals surface area (Å²) in [5.74, 6) is -0.650. The number of ether oxygens (including phenoxy) is 2. The number of thiazole rings is 1. The fourth-order valence-electron chi connectivity index (χ4n) is 3.60. The van der Waals surface area contributed by atoms with Crippen LogP contribution in [0.3, 0.4) is 0 Å². The number of rotatable bonds is 4. The summed E-state index contributed by atoms with van der Waals surface area (Å²) in [6.07, 6.45) is 1.76. The Morgan fingerprint density at radius 1 is 1.12 bits per heavy atom. The second-order valence-corrected chi connectivity index (χ2v) is 8.73. The summed E-state index contributed by atoms with van der Waals surface area (Å²) in [4.78, 5) is 42.4. The first-order chi connectivity index (χ1) is 15.8. The van der Waals surface area contributed by atoms with Crippen LogP contribution in [-0.4, -0.2) is 23.6 Å². The van der Waals surface area contributed by atoms with Crippen molar-refractivity contribution in [1.29, 1.82) is 0 Å². The molecule has 0 bridgehead atoms. The Kier molecular flexibility index (Phi) is 6.31. The van der Waals surface area contributed by atoms with E-state index in [1.807, 2.05) is 12.1 Å². The molecule has 0 saturated carbocycles. The van der Waals surface area contributed by atoms with Crippen LogP contribution < -0.4 is 19.6 Å². The van der Waals surface area contributed by atoms with E-state index in [4.69, 9.17) is 21.1 Å². The highest BCUT2D eigenvalue weighted by Gasteiger charge is 2.33. The van der Waals surface area contributed by atoms with Crippen LogP contribution in [0.4, 0.5) is 0 Å². The van der Waals surface area contributed by atoms with Crippen molar-refractivity contribution in [2.45, 2.75) is 19.9 Å². The largest absolute Gasteiger partial charge is 0.466 e. The summed E-state index contributed by atoms with van der Waals surface area (Å²) >= 11 is 7.20. The Hall–Kier alpha value is -3.49. The van der Waals surface area contributed by atoms with Gasteiger partial charge in [0.05, 0.1) is 29.0 Å². The molecule has 0 fully saturated rings. The van der Waals surface area contributed by atoms with Crippen LogP contribution in [0.2, 0.25) is 5.02 Å². The molecule has 1 aliphatic rings. The number of hydrogen-bond acceptors (Lipinski definition) is 7. The van der Waals surface area contributed by atoms with E-state index < -0.39 is 18.0 Å². The Bertz CT molecular complexity index is 1450. The lowest BCUT2D eigenvalue weighted by molar-refractivity contribution is -0.136. The molecule has 0 saturated heterocycles. The lowest BCUT2D eigenvalue weighted by Gasteiger charge is -2.24. The maximum absolute atomic E-state index is 13.5. The van der Waals surface area contributed by atoms with Crippen LogP contribution in [-0.2, 0) is 14.3 Å². The van der Waals surface area contributed by atoms with E-state index in [0.29, 0.717) is 31.4 Å². The molecule has 7 nitrogen and oxygen atoms in total. The number of nitrogens with zero attached hydrogens (tertiary/aromatic N) is 2. The Morgan fingerprint density at radius 2 is 1.79 bits per heavy atom. The zero-order chi connectivity index (χ0) is 23.7. The van der Waals surface area contributed by atoms with Crippen molar-refractivity contribution in [2.24, 2.45) is 4.99 Å². The van der Waals surface area contributed by atoms with Gasteiger partial charge in [-0.1, -0.05) is 47.2 Å². The molecule has 0 radical (unpaired) electrons. The average molecular weight is 483 g/mol. The van der Waals surface area contributed by atoms with Crippen LogP contribution in [0, 0.1) is 0 Å². The molecular weight excluding hydrogens is 464 g/mol. The summed E-state index contributed by atoms with van der Waals surface area (Å²) in [6.45, 7) is 3.02. The fourth-order valence-corrected chi connectivity index (χ4v) is 4.78. The lowest BCUT2D eigenvalue weighted by atomic mass is 9.96. The zero-order valence-corrected chi connectivity index (χ0v) is 19.6. The van der Waals surface area contributed by atoms with E-state index >= 15 is 0 Å². The van der Waals surface area contributed by atoms with Crippen molar-refractivity contribution in [3.05, 3.63) is 95.6 Å². The normalized spacial score (nSPS) is 15.6. The van der Waals surface area contributed by atoms with Crippen molar-refractivity contribution in [3.8, 4) is 5.75 Å². The topological polar surface area (TPSA) is 87.0 Å². The quantitative estimate of drug-likeness (QED) is 0.421. The van der Waals surface area contributed by atoms with Crippen molar-refractivity contribution in [2.75, 3.05) is 7.11 Å². The molecule has 168 valence electrons. The zero-order valence-electron chi connectivity index (χ0n) is 18.0. The Morgan fingerprint density at radius 3 is 2.39 bits per heavy atom. The second-order valence-electron chi connectivity index (χ2n) is 7.29. The van der Waals surface area contributed by atoms with Gasteiger partial charge in [-0.3, -0.25) is 14.2 Å². The number of allylic oxidation sites excluding steroid dienone is 1. The maximum atomic E-state index is 13.5. The highest BCUT2D eigenvalue weighted by atomic mass is 35.5. The number of benzene rings is 2. The number of carbonyl (C=O) groups is 2. The van der Waals surface area contributed by atoms with Gasteiger partial charge >= 0.3 is 11.9 Å². The summed E-state index contributed by atoms with van der Waals surface area (Å²) in [5, 5.41) is 0.601. The number of fused-ring (bicyclic) bond motifs is 1. The number of methoxy groups -OCH3 is 1. The van der Waals surface area contributed by atoms with Gasteiger partial charge in [0, 0.05) is 11.9 Å². The van der Waals surface area contributed by atoms with Crippen molar-refractivity contribution in [1.82, 2.24) is 4.57 Å². The molecule has 3 aromatic rings. The van der Waals surface area contributed by atoms with Gasteiger partial charge < -0.3 is 9.47 Å². The predicted molar refractivity (Wildman–Crippen MR) is 125 cm³/mol. The first-order valence-electron chi connectivity index (χ1n) is 9.93. The van der Waals surface area contributed by atoms with E-state index in [1.54, 1.807) is 49.4 Å². The smallest absolute Gasteiger partial charge is 0.338 e. The van der Waals surface area contributed by atoms with Gasteiger partial charge in [-0.2, -0.15) is 0 Å². The van der Waals surface area contributed by atoms with Crippen LogP contribution in [0.5, 0.6) is 5.75 Å².